The first-order valence-corrected chi connectivity index (χ1v) is 3.49. The Bertz CT molecular complexity index is 357. The highest BCUT2D eigenvalue weighted by molar-refractivity contribution is 5.77. The van der Waals surface area contributed by atoms with Gasteiger partial charge in [0.1, 0.15) is 11.4 Å². The monoisotopic (exact) mass is 184 g/mol. The molecule has 7 nitrogen and oxygen atoms in total. The van der Waals surface area contributed by atoms with E-state index in [1.165, 1.54) is 6.92 Å². The summed E-state index contributed by atoms with van der Waals surface area (Å²) in [5.74, 6) is -0.633. The van der Waals surface area contributed by atoms with Gasteiger partial charge in [0.2, 0.25) is 5.91 Å². The molecule has 1 heterocycles. The van der Waals surface area contributed by atoms with Crippen LogP contribution in [0.4, 0.5) is 5.69 Å². The van der Waals surface area contributed by atoms with Crippen LogP contribution in [-0.2, 0) is 11.2 Å². The van der Waals surface area contributed by atoms with Gasteiger partial charge in [0.15, 0.2) is 0 Å². The molecule has 1 aromatic rings. The van der Waals surface area contributed by atoms with Crippen molar-refractivity contribution in [3.05, 3.63) is 21.5 Å². The molecule has 0 aromatic carbocycles. The van der Waals surface area contributed by atoms with Crippen molar-refractivity contribution in [2.75, 3.05) is 0 Å². The lowest BCUT2D eigenvalue weighted by Gasteiger charge is -1.92. The SMILES string of the molecule is Cc1n[nH]c(CC(N)=O)c1[N+](=O)[O-]. The Labute approximate surface area is 73.1 Å². The Morgan fingerprint density at radius 3 is 2.85 bits per heavy atom. The van der Waals surface area contributed by atoms with Crippen molar-refractivity contribution < 1.29 is 9.72 Å². The molecule has 0 fully saturated rings. The maximum atomic E-state index is 10.5. The van der Waals surface area contributed by atoms with Crippen molar-refractivity contribution in [2.24, 2.45) is 5.73 Å². The molecule has 1 rings (SSSR count). The normalized spacial score (nSPS) is 9.92. The third kappa shape index (κ3) is 1.81. The number of primary amides is 1. The summed E-state index contributed by atoms with van der Waals surface area (Å²) in [7, 11) is 0. The number of aryl methyl sites for hydroxylation is 1. The molecule has 0 bridgehead atoms. The van der Waals surface area contributed by atoms with Crippen LogP contribution in [0.1, 0.15) is 11.4 Å². The maximum Gasteiger partial charge on any atom is 0.313 e. The van der Waals surface area contributed by atoms with Crippen LogP contribution in [0.5, 0.6) is 0 Å². The van der Waals surface area contributed by atoms with E-state index in [2.05, 4.69) is 10.2 Å². The van der Waals surface area contributed by atoms with Crippen LogP contribution in [0, 0.1) is 17.0 Å². The summed E-state index contributed by atoms with van der Waals surface area (Å²) in [6.45, 7) is 1.49. The molecular weight excluding hydrogens is 176 g/mol. The zero-order valence-electron chi connectivity index (χ0n) is 6.90. The first-order chi connectivity index (χ1) is 6.02. The van der Waals surface area contributed by atoms with Gasteiger partial charge in [0.25, 0.3) is 0 Å². The zero-order chi connectivity index (χ0) is 10.0. The van der Waals surface area contributed by atoms with E-state index < -0.39 is 10.8 Å². The summed E-state index contributed by atoms with van der Waals surface area (Å²) in [6, 6.07) is 0. The van der Waals surface area contributed by atoms with Crippen LogP contribution in [0.2, 0.25) is 0 Å². The van der Waals surface area contributed by atoms with E-state index in [-0.39, 0.29) is 23.5 Å². The van der Waals surface area contributed by atoms with Crippen molar-refractivity contribution in [2.45, 2.75) is 13.3 Å². The predicted molar refractivity (Wildman–Crippen MR) is 42.9 cm³/mol. The minimum absolute atomic E-state index is 0.148. The van der Waals surface area contributed by atoms with Crippen LogP contribution in [-0.4, -0.2) is 21.0 Å². The Morgan fingerprint density at radius 1 is 1.77 bits per heavy atom. The van der Waals surface area contributed by atoms with Crippen LogP contribution in [0.25, 0.3) is 0 Å². The number of carbonyl (C=O) groups is 1. The van der Waals surface area contributed by atoms with Gasteiger partial charge in [0.05, 0.1) is 11.3 Å². The number of nitrogens with zero attached hydrogens (tertiary/aromatic N) is 2. The van der Waals surface area contributed by atoms with E-state index in [9.17, 15) is 14.9 Å². The van der Waals surface area contributed by atoms with Crippen LogP contribution in [0.3, 0.4) is 0 Å². The number of nitro groups is 1. The van der Waals surface area contributed by atoms with E-state index in [1.807, 2.05) is 0 Å². The first-order valence-electron chi connectivity index (χ1n) is 3.49. The molecule has 0 saturated heterocycles. The number of hydrogen-bond donors (Lipinski definition) is 2. The third-order valence-corrected chi connectivity index (χ3v) is 1.52. The van der Waals surface area contributed by atoms with Crippen LogP contribution >= 0.6 is 0 Å². The summed E-state index contributed by atoms with van der Waals surface area (Å²) in [6.07, 6.45) is -0.197. The van der Waals surface area contributed by atoms with Gasteiger partial charge in [-0.25, -0.2) is 0 Å². The fourth-order valence-corrected chi connectivity index (χ4v) is 1.02. The van der Waals surface area contributed by atoms with Gasteiger partial charge in [0, 0.05) is 0 Å². The smallest absolute Gasteiger partial charge is 0.313 e. The van der Waals surface area contributed by atoms with Crippen molar-refractivity contribution >= 4 is 11.6 Å². The van der Waals surface area contributed by atoms with Crippen LogP contribution < -0.4 is 5.73 Å². The fourth-order valence-electron chi connectivity index (χ4n) is 1.02. The van der Waals surface area contributed by atoms with Crippen molar-refractivity contribution in [1.29, 1.82) is 0 Å². The predicted octanol–water partition coefficient (Wildman–Crippen LogP) is -0.346. The van der Waals surface area contributed by atoms with Gasteiger partial charge >= 0.3 is 5.69 Å². The molecular formula is C6H8N4O3. The Balaban J connectivity index is 3.07. The molecule has 0 saturated carbocycles. The number of aromatic nitrogens is 2. The number of aromatic amines is 1. The van der Waals surface area contributed by atoms with Gasteiger partial charge in [-0.2, -0.15) is 5.10 Å². The van der Waals surface area contributed by atoms with Gasteiger partial charge in [-0.05, 0) is 6.92 Å². The van der Waals surface area contributed by atoms with Crippen molar-refractivity contribution in [3.8, 4) is 0 Å². The first kappa shape index (κ1) is 9.17. The summed E-state index contributed by atoms with van der Waals surface area (Å²) in [5, 5.41) is 16.5. The van der Waals surface area contributed by atoms with E-state index in [0.717, 1.165) is 0 Å². The molecule has 0 aliphatic carbocycles. The molecule has 0 radical (unpaired) electrons. The highest BCUT2D eigenvalue weighted by Crippen LogP contribution is 2.19. The number of carbonyl (C=O) groups excluding carboxylic acids is 1. The largest absolute Gasteiger partial charge is 0.369 e. The van der Waals surface area contributed by atoms with E-state index >= 15 is 0 Å². The lowest BCUT2D eigenvalue weighted by atomic mass is 10.2. The summed E-state index contributed by atoms with van der Waals surface area (Å²) in [5.41, 5.74) is 5.12. The van der Waals surface area contributed by atoms with Gasteiger partial charge < -0.3 is 5.73 Å². The highest BCUT2D eigenvalue weighted by atomic mass is 16.6. The van der Waals surface area contributed by atoms with Crippen molar-refractivity contribution in [1.82, 2.24) is 10.2 Å². The van der Waals surface area contributed by atoms with Gasteiger partial charge in [-0.3, -0.25) is 20.0 Å². The number of nitrogens with two attached hydrogens (primary N) is 1. The van der Waals surface area contributed by atoms with Gasteiger partial charge in [-0.1, -0.05) is 0 Å². The third-order valence-electron chi connectivity index (χ3n) is 1.52. The Kier molecular flexibility index (Phi) is 2.27. The Hall–Kier alpha value is -1.92. The fraction of sp³-hybridized carbons (Fsp3) is 0.333. The second-order valence-electron chi connectivity index (χ2n) is 2.54. The molecule has 0 spiro atoms. The quantitative estimate of drug-likeness (QED) is 0.493. The molecule has 0 atom stereocenters. The number of nitrogens with one attached hydrogen (secondary N) is 1. The number of amides is 1. The molecule has 3 N–H and O–H groups in total. The second kappa shape index (κ2) is 3.21. The highest BCUT2D eigenvalue weighted by Gasteiger charge is 2.21. The average molecular weight is 184 g/mol. The molecule has 1 aromatic heterocycles. The topological polar surface area (TPSA) is 115 Å². The van der Waals surface area contributed by atoms with E-state index in [0.29, 0.717) is 0 Å². The zero-order valence-corrected chi connectivity index (χ0v) is 6.90. The van der Waals surface area contributed by atoms with E-state index in [4.69, 9.17) is 5.73 Å². The number of rotatable bonds is 3. The molecule has 70 valence electrons. The molecule has 1 amide bonds. The lowest BCUT2D eigenvalue weighted by Crippen LogP contribution is -2.14. The summed E-state index contributed by atoms with van der Waals surface area (Å²) >= 11 is 0. The Morgan fingerprint density at radius 2 is 2.38 bits per heavy atom. The van der Waals surface area contributed by atoms with E-state index in [1.54, 1.807) is 0 Å². The lowest BCUT2D eigenvalue weighted by molar-refractivity contribution is -0.386. The van der Waals surface area contributed by atoms with Crippen molar-refractivity contribution in [3.63, 3.8) is 0 Å². The standard InChI is InChI=1S/C6H8N4O3/c1-3-6(10(12)13)4(9-8-3)2-5(7)11/h2H2,1H3,(H2,7,11)(H,8,9). The molecule has 0 aliphatic heterocycles. The summed E-state index contributed by atoms with van der Waals surface area (Å²) in [4.78, 5) is 20.4. The van der Waals surface area contributed by atoms with Gasteiger partial charge in [-0.15, -0.1) is 0 Å². The minimum Gasteiger partial charge on any atom is -0.369 e. The molecule has 13 heavy (non-hydrogen) atoms. The molecule has 0 unspecified atom stereocenters. The maximum absolute atomic E-state index is 10.5. The summed E-state index contributed by atoms with van der Waals surface area (Å²) < 4.78 is 0. The number of H-pyrrole nitrogens is 1. The van der Waals surface area contributed by atoms with Crippen LogP contribution in [0.15, 0.2) is 0 Å². The molecule has 0 aliphatic rings. The minimum atomic E-state index is -0.633. The second-order valence-corrected chi connectivity index (χ2v) is 2.54. The average Bonchev–Trinajstić information content (AvgIpc) is 2.30. The number of hydrogen-bond acceptors (Lipinski definition) is 4. The molecule has 7 heteroatoms.